The molecule has 0 spiro atoms. The highest BCUT2D eigenvalue weighted by atomic mass is 32.2. The predicted octanol–water partition coefficient (Wildman–Crippen LogP) is 1.17. The number of hydrogen-bond acceptors (Lipinski definition) is 5. The molecule has 2 heterocycles. The molecule has 0 aliphatic carbocycles. The Hall–Kier alpha value is -1.93. The van der Waals surface area contributed by atoms with Gasteiger partial charge in [0.15, 0.2) is 0 Å². The minimum Gasteiger partial charge on any atom is -0.326 e. The van der Waals surface area contributed by atoms with E-state index in [-0.39, 0.29) is 9.77 Å². The highest BCUT2D eigenvalue weighted by Gasteiger charge is 2.21. The molecule has 0 bridgehead atoms. The van der Waals surface area contributed by atoms with Crippen LogP contribution in [0.4, 0.5) is 0 Å². The summed E-state index contributed by atoms with van der Waals surface area (Å²) in [6.45, 7) is 3.42. The fourth-order valence-electron chi connectivity index (χ4n) is 1.53. The number of aromatic amines is 1. The number of carbonyl (C=O) groups is 1. The van der Waals surface area contributed by atoms with Crippen molar-refractivity contribution < 1.29 is 13.2 Å². The summed E-state index contributed by atoms with van der Waals surface area (Å²) in [4.78, 5) is 26.7. The molecule has 0 radical (unpaired) electrons. The molecule has 2 N–H and O–H groups in total. The number of amides is 1. The summed E-state index contributed by atoms with van der Waals surface area (Å²) < 4.78 is 25.9. The molecule has 0 atom stereocenters. The topological polar surface area (TPSA) is 96.1 Å². The first-order valence-corrected chi connectivity index (χ1v) is 7.93. The molecule has 20 heavy (non-hydrogen) atoms. The number of H-pyrrole nitrogens is 1. The van der Waals surface area contributed by atoms with Crippen molar-refractivity contribution in [2.75, 3.05) is 0 Å². The molecular weight excluding hydrogens is 300 g/mol. The maximum absolute atomic E-state index is 12.0. The lowest BCUT2D eigenvalue weighted by atomic mass is 10.2. The molecule has 0 fully saturated rings. The van der Waals surface area contributed by atoms with Crippen LogP contribution in [0.3, 0.4) is 0 Å². The van der Waals surface area contributed by atoms with E-state index in [0.717, 1.165) is 16.2 Å². The fourth-order valence-corrected chi connectivity index (χ4v) is 3.78. The number of nitrogens with one attached hydrogen (secondary N) is 2. The van der Waals surface area contributed by atoms with Crippen LogP contribution in [0.2, 0.25) is 0 Å². The lowest BCUT2D eigenvalue weighted by molar-refractivity contribution is 0.0980. The minimum atomic E-state index is -3.95. The number of aryl methyl sites for hydroxylation is 2. The molecule has 8 heteroatoms. The second kappa shape index (κ2) is 5.22. The summed E-state index contributed by atoms with van der Waals surface area (Å²) in [6.07, 6.45) is 0. The molecule has 0 saturated heterocycles. The SMILES string of the molecule is Cc1ccc(C(=O)NS(=O)(=O)c2ccc(C)s2)c(=O)[nH]1. The zero-order valence-corrected chi connectivity index (χ0v) is 12.4. The number of hydrogen-bond donors (Lipinski definition) is 2. The van der Waals surface area contributed by atoms with E-state index in [2.05, 4.69) is 4.98 Å². The van der Waals surface area contributed by atoms with Crippen LogP contribution in [0.5, 0.6) is 0 Å². The van der Waals surface area contributed by atoms with Gasteiger partial charge >= 0.3 is 0 Å². The Labute approximate surface area is 119 Å². The van der Waals surface area contributed by atoms with Gasteiger partial charge in [0.25, 0.3) is 21.5 Å². The van der Waals surface area contributed by atoms with Crippen molar-refractivity contribution in [2.24, 2.45) is 0 Å². The summed E-state index contributed by atoms with van der Waals surface area (Å²) >= 11 is 1.05. The molecule has 0 unspecified atom stereocenters. The van der Waals surface area contributed by atoms with Gasteiger partial charge in [-0.15, -0.1) is 11.3 Å². The van der Waals surface area contributed by atoms with Gasteiger partial charge in [-0.25, -0.2) is 13.1 Å². The molecule has 106 valence electrons. The predicted molar refractivity (Wildman–Crippen MR) is 75.5 cm³/mol. The van der Waals surface area contributed by atoms with E-state index in [9.17, 15) is 18.0 Å². The Kier molecular flexibility index (Phi) is 3.78. The smallest absolute Gasteiger partial charge is 0.273 e. The van der Waals surface area contributed by atoms with E-state index in [4.69, 9.17) is 0 Å². The third-order valence-corrected chi connectivity index (χ3v) is 5.33. The van der Waals surface area contributed by atoms with Crippen molar-refractivity contribution in [1.82, 2.24) is 9.71 Å². The van der Waals surface area contributed by atoms with Gasteiger partial charge in [-0.3, -0.25) is 9.59 Å². The molecule has 2 rings (SSSR count). The standard InChI is InChI=1S/C12H12N2O4S2/c1-7-3-5-9(11(15)13-7)12(16)14-20(17,18)10-6-4-8(2)19-10/h3-6H,1-2H3,(H,13,15)(H,14,16). The van der Waals surface area contributed by atoms with Crippen LogP contribution in [0, 0.1) is 13.8 Å². The van der Waals surface area contributed by atoms with Gasteiger partial charge in [0.2, 0.25) is 0 Å². The molecule has 2 aromatic rings. The van der Waals surface area contributed by atoms with Crippen molar-refractivity contribution in [3.63, 3.8) is 0 Å². The Bertz CT molecular complexity index is 818. The maximum atomic E-state index is 12.0. The Morgan fingerprint density at radius 1 is 1.20 bits per heavy atom. The van der Waals surface area contributed by atoms with Crippen LogP contribution in [-0.4, -0.2) is 19.3 Å². The number of carbonyl (C=O) groups excluding carboxylic acids is 1. The van der Waals surface area contributed by atoms with Crippen molar-refractivity contribution in [3.05, 3.63) is 50.8 Å². The normalized spacial score (nSPS) is 11.3. The molecule has 0 saturated carbocycles. The zero-order valence-electron chi connectivity index (χ0n) is 10.8. The molecule has 0 aliphatic heterocycles. The molecule has 1 amide bonds. The average molecular weight is 312 g/mol. The zero-order chi connectivity index (χ0) is 14.9. The Balaban J connectivity index is 2.30. The molecule has 0 aliphatic rings. The quantitative estimate of drug-likeness (QED) is 0.889. The van der Waals surface area contributed by atoms with Crippen LogP contribution in [0.15, 0.2) is 33.3 Å². The van der Waals surface area contributed by atoms with Gasteiger partial charge < -0.3 is 4.98 Å². The largest absolute Gasteiger partial charge is 0.326 e. The first-order chi connectivity index (χ1) is 9.29. The highest BCUT2D eigenvalue weighted by Crippen LogP contribution is 2.20. The van der Waals surface area contributed by atoms with Gasteiger partial charge in [-0.05, 0) is 38.1 Å². The molecule has 2 aromatic heterocycles. The van der Waals surface area contributed by atoms with Crippen molar-refractivity contribution in [1.29, 1.82) is 0 Å². The van der Waals surface area contributed by atoms with Gasteiger partial charge in [0.05, 0.1) is 0 Å². The van der Waals surface area contributed by atoms with Gasteiger partial charge in [0, 0.05) is 10.6 Å². The van der Waals surface area contributed by atoms with Crippen molar-refractivity contribution in [2.45, 2.75) is 18.1 Å². The Morgan fingerprint density at radius 3 is 2.45 bits per heavy atom. The fraction of sp³-hybridized carbons (Fsp3) is 0.167. The Morgan fingerprint density at radius 2 is 1.90 bits per heavy atom. The maximum Gasteiger partial charge on any atom is 0.273 e. The number of sulfonamides is 1. The lowest BCUT2D eigenvalue weighted by Gasteiger charge is -2.04. The van der Waals surface area contributed by atoms with Crippen LogP contribution >= 0.6 is 11.3 Å². The highest BCUT2D eigenvalue weighted by molar-refractivity contribution is 7.92. The average Bonchev–Trinajstić information content (AvgIpc) is 2.75. The summed E-state index contributed by atoms with van der Waals surface area (Å²) in [5.74, 6) is -0.947. The number of pyridine rings is 1. The van der Waals surface area contributed by atoms with E-state index in [1.165, 1.54) is 18.2 Å². The lowest BCUT2D eigenvalue weighted by Crippen LogP contribution is -2.34. The van der Waals surface area contributed by atoms with Gasteiger partial charge in [-0.1, -0.05) is 0 Å². The summed E-state index contributed by atoms with van der Waals surface area (Å²) in [5, 5.41) is 0. The second-order valence-electron chi connectivity index (χ2n) is 4.18. The summed E-state index contributed by atoms with van der Waals surface area (Å²) in [6, 6.07) is 5.87. The first-order valence-electron chi connectivity index (χ1n) is 5.63. The van der Waals surface area contributed by atoms with Crippen LogP contribution in [0.1, 0.15) is 20.9 Å². The van der Waals surface area contributed by atoms with Crippen molar-refractivity contribution >= 4 is 27.3 Å². The van der Waals surface area contributed by atoms with E-state index < -0.39 is 21.5 Å². The molecule has 6 nitrogen and oxygen atoms in total. The molecule has 0 aromatic carbocycles. The third kappa shape index (κ3) is 2.97. The van der Waals surface area contributed by atoms with Crippen LogP contribution in [-0.2, 0) is 10.0 Å². The van der Waals surface area contributed by atoms with Gasteiger partial charge in [-0.2, -0.15) is 0 Å². The second-order valence-corrected chi connectivity index (χ2v) is 7.38. The minimum absolute atomic E-state index is 0.0342. The van der Waals surface area contributed by atoms with E-state index in [0.29, 0.717) is 5.69 Å². The summed E-state index contributed by atoms with van der Waals surface area (Å²) in [5.41, 5.74) is -0.282. The monoisotopic (exact) mass is 312 g/mol. The third-order valence-electron chi connectivity index (χ3n) is 2.51. The van der Waals surface area contributed by atoms with Crippen LogP contribution < -0.4 is 10.3 Å². The summed E-state index contributed by atoms with van der Waals surface area (Å²) in [7, 11) is -3.95. The van der Waals surface area contributed by atoms with E-state index in [1.54, 1.807) is 19.9 Å². The number of thiophene rings is 1. The van der Waals surface area contributed by atoms with Gasteiger partial charge in [0.1, 0.15) is 9.77 Å². The van der Waals surface area contributed by atoms with Crippen LogP contribution in [0.25, 0.3) is 0 Å². The number of rotatable bonds is 3. The van der Waals surface area contributed by atoms with E-state index in [1.807, 2.05) is 4.72 Å². The van der Waals surface area contributed by atoms with Crippen molar-refractivity contribution in [3.8, 4) is 0 Å². The molecular formula is C12H12N2O4S2. The van der Waals surface area contributed by atoms with E-state index >= 15 is 0 Å². The number of aromatic nitrogens is 1. The first kappa shape index (κ1) is 14.5.